The van der Waals surface area contributed by atoms with Gasteiger partial charge in [0.25, 0.3) is 5.91 Å². The lowest BCUT2D eigenvalue weighted by molar-refractivity contribution is -0.134. The van der Waals surface area contributed by atoms with Crippen molar-refractivity contribution in [2.24, 2.45) is 17.8 Å². The molecule has 0 saturated carbocycles. The number of nitrogens with one attached hydrogen (secondary N) is 5. The summed E-state index contributed by atoms with van der Waals surface area (Å²) in [5.41, 5.74) is 7.29. The quantitative estimate of drug-likeness (QED) is 0.0398. The molecule has 1 unspecified atom stereocenters. The number of aryl methyl sites for hydroxylation is 1. The molecule has 2 saturated heterocycles. The maximum Gasteiger partial charge on any atom is 0.355 e. The van der Waals surface area contributed by atoms with Crippen molar-refractivity contribution in [3.05, 3.63) is 125 Å². The number of hydrogen-bond donors (Lipinski definition) is 6. The van der Waals surface area contributed by atoms with Crippen LogP contribution >= 0.6 is 11.3 Å². The highest BCUT2D eigenvalue weighted by Crippen LogP contribution is 2.34. The number of aromatic nitrogens is 2. The number of imide groups is 1. The number of ether oxygens (including phenoxy) is 1. The van der Waals surface area contributed by atoms with Crippen LogP contribution in [0, 0.1) is 30.1 Å². The number of rotatable bonds is 16. The summed E-state index contributed by atoms with van der Waals surface area (Å²) in [7, 11) is 1.72. The number of para-hydroxylation sites is 1. The van der Waals surface area contributed by atoms with Crippen molar-refractivity contribution in [1.82, 2.24) is 20.2 Å². The van der Waals surface area contributed by atoms with Crippen LogP contribution in [0.4, 0.5) is 22.3 Å². The first-order valence-corrected chi connectivity index (χ1v) is 24.9. The first kappa shape index (κ1) is 48.5. The van der Waals surface area contributed by atoms with Gasteiger partial charge >= 0.3 is 5.97 Å². The third-order valence-corrected chi connectivity index (χ3v) is 14.7. The SMILES string of the molecule is CNc1cc(NC(=O)CN2CCC(C[C@H](C)COc3ccc(-c4ccc(N5CCc6cccc(C(=O)Nc7nc8ccccc8s7)c6C5)nc4C(=O)O)c(C)c3)CC2)ccc1C(=N)C1CCC(=O)NC1=O. The molecular formula is C54H57N9O7S. The molecule has 3 aliphatic heterocycles. The summed E-state index contributed by atoms with van der Waals surface area (Å²) in [6.45, 7) is 7.55. The predicted molar refractivity (Wildman–Crippen MR) is 276 cm³/mol. The van der Waals surface area contributed by atoms with E-state index in [0.29, 0.717) is 76.8 Å². The lowest BCUT2D eigenvalue weighted by atomic mass is 9.88. The molecule has 3 aliphatic rings. The first-order chi connectivity index (χ1) is 34.3. The van der Waals surface area contributed by atoms with Crippen LogP contribution < -0.4 is 30.9 Å². The van der Waals surface area contributed by atoms with Gasteiger partial charge in [0.05, 0.1) is 35.0 Å². The summed E-state index contributed by atoms with van der Waals surface area (Å²) >= 11 is 1.42. The minimum Gasteiger partial charge on any atom is -0.493 e. The summed E-state index contributed by atoms with van der Waals surface area (Å²) in [5.74, 6) is -0.969. The fourth-order valence-electron chi connectivity index (χ4n) is 9.99. The van der Waals surface area contributed by atoms with Crippen molar-refractivity contribution in [1.29, 1.82) is 5.41 Å². The number of aromatic carboxylic acids is 1. The zero-order valence-corrected chi connectivity index (χ0v) is 40.8. The largest absolute Gasteiger partial charge is 0.493 e. The van der Waals surface area contributed by atoms with E-state index in [0.717, 1.165) is 64.8 Å². The monoisotopic (exact) mass is 975 g/mol. The van der Waals surface area contributed by atoms with Crippen molar-refractivity contribution in [2.75, 3.05) is 60.7 Å². The van der Waals surface area contributed by atoms with Crippen LogP contribution in [-0.4, -0.2) is 95.1 Å². The second-order valence-electron chi connectivity index (χ2n) is 18.8. The highest BCUT2D eigenvalue weighted by Gasteiger charge is 2.32. The van der Waals surface area contributed by atoms with Crippen LogP contribution in [-0.2, 0) is 27.3 Å². The predicted octanol–water partition coefficient (Wildman–Crippen LogP) is 8.40. The van der Waals surface area contributed by atoms with Gasteiger partial charge in [-0.15, -0.1) is 0 Å². The molecular weight excluding hydrogens is 919 g/mol. The molecule has 16 nitrogen and oxygen atoms in total. The van der Waals surface area contributed by atoms with Gasteiger partial charge in [-0.2, -0.15) is 0 Å². The second kappa shape index (κ2) is 21.2. The Labute approximate surface area is 415 Å². The number of carboxylic acids is 1. The van der Waals surface area contributed by atoms with Crippen molar-refractivity contribution in [2.45, 2.75) is 58.9 Å². The number of carboxylic acid groups (broad SMARTS) is 1. The molecule has 2 atom stereocenters. The van der Waals surface area contributed by atoms with E-state index in [1.165, 1.54) is 11.3 Å². The molecule has 6 aromatic rings. The Morgan fingerprint density at radius 3 is 2.46 bits per heavy atom. The molecule has 0 bridgehead atoms. The van der Waals surface area contributed by atoms with E-state index in [1.807, 2.05) is 84.6 Å². The van der Waals surface area contributed by atoms with E-state index in [-0.39, 0.29) is 54.4 Å². The zero-order chi connectivity index (χ0) is 49.8. The smallest absolute Gasteiger partial charge is 0.355 e. The number of fused-ring (bicyclic) bond motifs is 2. The Morgan fingerprint density at radius 1 is 0.901 bits per heavy atom. The minimum absolute atomic E-state index is 0.0479. The number of thiazole rings is 1. The summed E-state index contributed by atoms with van der Waals surface area (Å²) in [4.78, 5) is 76.9. The number of pyridine rings is 1. The van der Waals surface area contributed by atoms with Gasteiger partial charge in [0.1, 0.15) is 11.6 Å². The number of amides is 4. The number of carbonyl (C=O) groups is 5. The molecule has 9 rings (SSSR count). The van der Waals surface area contributed by atoms with Gasteiger partial charge in [-0.25, -0.2) is 14.8 Å². The van der Waals surface area contributed by atoms with Crippen molar-refractivity contribution in [3.63, 3.8) is 0 Å². The van der Waals surface area contributed by atoms with Gasteiger partial charge in [0, 0.05) is 54.6 Å². The molecule has 6 N–H and O–H groups in total. The van der Waals surface area contributed by atoms with Crippen LogP contribution in [0.15, 0.2) is 91.0 Å². The normalized spacial score (nSPS) is 16.7. The Kier molecular flexibility index (Phi) is 14.5. The maximum absolute atomic E-state index is 13.6. The Bertz CT molecular complexity index is 3020. The fourth-order valence-corrected chi connectivity index (χ4v) is 10.9. The van der Waals surface area contributed by atoms with Gasteiger partial charge in [-0.1, -0.05) is 48.6 Å². The standard InChI is InChI=1S/C54H57N9O7S/c1-31(25-33-19-22-62(23-20-33)29-48(65)57-35-11-13-40(44(27-35)56-3)49(55)41-16-18-47(64)60-52(41)67)30-70-36-12-14-37(32(2)26-36)38-15-17-46(59-50(38)53(68)69)63-24-21-34-7-6-8-39(42(34)28-63)51(66)61-54-58-43-9-4-5-10-45(43)71-54/h4-15,17,26-27,31,33,41,55-56H,16,18-25,28-30H2,1-3H3,(H,57,65)(H,68,69)(H,58,61,66)(H,60,64,67)/t31-,41?/m0/s1. The molecule has 71 heavy (non-hydrogen) atoms. The third-order valence-electron chi connectivity index (χ3n) is 13.7. The Morgan fingerprint density at radius 2 is 1.70 bits per heavy atom. The average molecular weight is 976 g/mol. The van der Waals surface area contributed by atoms with Crippen LogP contribution in [0.2, 0.25) is 0 Å². The van der Waals surface area contributed by atoms with E-state index in [2.05, 4.69) is 38.1 Å². The van der Waals surface area contributed by atoms with E-state index in [4.69, 9.17) is 15.1 Å². The number of nitrogens with zero attached hydrogens (tertiary/aromatic N) is 4. The molecule has 2 fully saturated rings. The third kappa shape index (κ3) is 11.1. The maximum atomic E-state index is 13.6. The molecule has 0 radical (unpaired) electrons. The molecule has 0 spiro atoms. The van der Waals surface area contributed by atoms with Crippen molar-refractivity contribution in [3.8, 4) is 16.9 Å². The van der Waals surface area contributed by atoms with E-state index in [9.17, 15) is 29.1 Å². The average Bonchev–Trinajstić information content (AvgIpc) is 3.78. The molecule has 17 heteroatoms. The zero-order valence-electron chi connectivity index (χ0n) is 40.0. The van der Waals surface area contributed by atoms with Crippen molar-refractivity contribution < 1.29 is 33.8 Å². The highest BCUT2D eigenvalue weighted by molar-refractivity contribution is 7.22. The second-order valence-corrected chi connectivity index (χ2v) is 19.8. The molecule has 4 aromatic carbocycles. The first-order valence-electron chi connectivity index (χ1n) is 24.1. The van der Waals surface area contributed by atoms with E-state index in [1.54, 1.807) is 25.2 Å². The molecule has 0 aliphatic carbocycles. The number of carbonyl (C=O) groups excluding carboxylic acids is 4. The summed E-state index contributed by atoms with van der Waals surface area (Å²) in [6, 6.07) is 28.1. The molecule has 2 aromatic heterocycles. The number of anilines is 4. The lowest BCUT2D eigenvalue weighted by Crippen LogP contribution is -2.44. The van der Waals surface area contributed by atoms with Gasteiger partial charge in [-0.05, 0) is 147 Å². The molecule has 366 valence electrons. The van der Waals surface area contributed by atoms with Crippen LogP contribution in [0.3, 0.4) is 0 Å². The van der Waals surface area contributed by atoms with E-state index < -0.39 is 17.8 Å². The van der Waals surface area contributed by atoms with Gasteiger partial charge in [0.2, 0.25) is 17.7 Å². The molecule has 5 heterocycles. The van der Waals surface area contributed by atoms with Crippen molar-refractivity contribution >= 4 is 79.2 Å². The van der Waals surface area contributed by atoms with Crippen LogP contribution in [0.5, 0.6) is 5.75 Å². The Balaban J connectivity index is 0.750. The summed E-state index contributed by atoms with van der Waals surface area (Å²) < 4.78 is 7.28. The van der Waals surface area contributed by atoms with Crippen LogP contribution in [0.25, 0.3) is 21.3 Å². The molecule has 4 amide bonds. The van der Waals surface area contributed by atoms with Gasteiger partial charge in [0.15, 0.2) is 10.8 Å². The number of hydrogen-bond acceptors (Lipinski definition) is 13. The van der Waals surface area contributed by atoms with Crippen LogP contribution in [0.1, 0.15) is 82.1 Å². The summed E-state index contributed by atoms with van der Waals surface area (Å²) in [6.07, 6.45) is 4.09. The van der Waals surface area contributed by atoms with Gasteiger partial charge in [-0.3, -0.25) is 34.7 Å². The van der Waals surface area contributed by atoms with E-state index >= 15 is 0 Å². The minimum atomic E-state index is -1.13. The number of piperidine rings is 2. The number of benzene rings is 4. The van der Waals surface area contributed by atoms with Gasteiger partial charge < -0.3 is 30.8 Å². The Hall–Kier alpha value is -7.50. The lowest BCUT2D eigenvalue weighted by Gasteiger charge is -2.32. The highest BCUT2D eigenvalue weighted by atomic mass is 32.1. The topological polar surface area (TPSA) is 219 Å². The number of likely N-dealkylation sites (tertiary alicyclic amines) is 1. The fraction of sp³-hybridized carbons (Fsp3) is 0.333. The summed E-state index contributed by atoms with van der Waals surface area (Å²) in [5, 5.41) is 31.0.